The number of carbonyl (C=O) groups is 1. The van der Waals surface area contributed by atoms with Gasteiger partial charge in [-0.3, -0.25) is 4.79 Å². The minimum absolute atomic E-state index is 0.126. The van der Waals surface area contributed by atoms with Crippen LogP contribution in [0.4, 0.5) is 10.1 Å². The van der Waals surface area contributed by atoms with Crippen LogP contribution in [0.2, 0.25) is 0 Å². The Balaban J connectivity index is 2.79. The molecule has 1 atom stereocenters. The van der Waals surface area contributed by atoms with Crippen molar-refractivity contribution >= 4 is 11.6 Å². The molecule has 0 aromatic heterocycles. The summed E-state index contributed by atoms with van der Waals surface area (Å²) in [4.78, 5) is 12.1. The number of para-hydroxylation sites is 1. The monoisotopic (exact) mass is 268 g/mol. The lowest BCUT2D eigenvalue weighted by Gasteiger charge is -2.22. The maximum atomic E-state index is 13.3. The Labute approximate surface area is 113 Å². The molecule has 4 nitrogen and oxygen atoms in total. The number of nitrogens with two attached hydrogens (primary N) is 1. The van der Waals surface area contributed by atoms with Crippen molar-refractivity contribution in [1.82, 2.24) is 5.32 Å². The third-order valence-electron chi connectivity index (χ3n) is 2.92. The van der Waals surface area contributed by atoms with Crippen molar-refractivity contribution in [2.45, 2.75) is 26.8 Å². The summed E-state index contributed by atoms with van der Waals surface area (Å²) >= 11 is 0. The number of hydrogen-bond donors (Lipinski definition) is 2. The summed E-state index contributed by atoms with van der Waals surface area (Å²) in [5.41, 5.74) is 5.60. The molecule has 1 unspecified atom stereocenters. The molecule has 0 fully saturated rings. The van der Waals surface area contributed by atoms with Gasteiger partial charge in [-0.1, -0.05) is 19.9 Å². The predicted octanol–water partition coefficient (Wildman–Crippen LogP) is 2.20. The highest BCUT2D eigenvalue weighted by Crippen LogP contribution is 2.16. The molecule has 1 rings (SSSR count). The third kappa shape index (κ3) is 4.21. The molecular formula is C14H21FN2O2. The minimum atomic E-state index is -0.585. The number of carbonyl (C=O) groups excluding carboxylic acids is 1. The number of amides is 1. The van der Waals surface area contributed by atoms with E-state index in [1.165, 1.54) is 18.2 Å². The smallest absolute Gasteiger partial charge is 0.253 e. The lowest BCUT2D eigenvalue weighted by Crippen LogP contribution is -2.42. The van der Waals surface area contributed by atoms with E-state index >= 15 is 0 Å². The summed E-state index contributed by atoms with van der Waals surface area (Å²) in [6, 6.07) is 4.07. The Kier molecular flexibility index (Phi) is 5.76. The van der Waals surface area contributed by atoms with Crippen molar-refractivity contribution in [1.29, 1.82) is 0 Å². The molecule has 1 aromatic rings. The van der Waals surface area contributed by atoms with Gasteiger partial charge in [-0.05, 0) is 25.0 Å². The summed E-state index contributed by atoms with van der Waals surface area (Å²) < 4.78 is 18.6. The van der Waals surface area contributed by atoms with Crippen LogP contribution in [-0.2, 0) is 4.74 Å². The zero-order valence-electron chi connectivity index (χ0n) is 11.6. The quantitative estimate of drug-likeness (QED) is 0.777. The highest BCUT2D eigenvalue weighted by Gasteiger charge is 2.19. The molecule has 0 saturated carbocycles. The highest BCUT2D eigenvalue weighted by atomic mass is 19.1. The van der Waals surface area contributed by atoms with Crippen molar-refractivity contribution in [2.24, 2.45) is 5.92 Å². The second kappa shape index (κ2) is 7.09. The Bertz CT molecular complexity index is 435. The fourth-order valence-electron chi connectivity index (χ4n) is 1.63. The number of hydrogen-bond acceptors (Lipinski definition) is 3. The van der Waals surface area contributed by atoms with E-state index < -0.39 is 5.82 Å². The number of nitrogen functional groups attached to an aromatic ring is 1. The molecule has 3 N–H and O–H groups in total. The molecule has 106 valence electrons. The zero-order chi connectivity index (χ0) is 14.4. The van der Waals surface area contributed by atoms with Crippen LogP contribution < -0.4 is 11.1 Å². The van der Waals surface area contributed by atoms with Gasteiger partial charge in [0.1, 0.15) is 5.82 Å². The number of halogens is 1. The van der Waals surface area contributed by atoms with Gasteiger partial charge < -0.3 is 15.8 Å². The molecule has 0 aliphatic rings. The molecule has 5 heteroatoms. The molecule has 0 bridgehead atoms. The first-order chi connectivity index (χ1) is 8.97. The largest absolute Gasteiger partial charge is 0.396 e. The number of rotatable bonds is 6. The van der Waals surface area contributed by atoms with Crippen molar-refractivity contribution in [3.8, 4) is 0 Å². The van der Waals surface area contributed by atoms with Crippen LogP contribution >= 0.6 is 0 Å². The Morgan fingerprint density at radius 3 is 2.74 bits per heavy atom. The van der Waals surface area contributed by atoms with Gasteiger partial charge in [0.2, 0.25) is 0 Å². The molecule has 19 heavy (non-hydrogen) atoms. The van der Waals surface area contributed by atoms with Crippen molar-refractivity contribution in [3.63, 3.8) is 0 Å². The SMILES string of the molecule is CCOCC(NC(=O)c1cccc(F)c1N)C(C)C. The van der Waals surface area contributed by atoms with Gasteiger partial charge in [-0.2, -0.15) is 0 Å². The van der Waals surface area contributed by atoms with E-state index in [0.29, 0.717) is 13.2 Å². The van der Waals surface area contributed by atoms with Crippen molar-refractivity contribution in [3.05, 3.63) is 29.6 Å². The van der Waals surface area contributed by atoms with E-state index in [1.807, 2.05) is 20.8 Å². The Morgan fingerprint density at radius 2 is 2.16 bits per heavy atom. The van der Waals surface area contributed by atoms with Gasteiger partial charge in [0, 0.05) is 6.61 Å². The lowest BCUT2D eigenvalue weighted by molar-refractivity contribution is 0.0806. The number of ether oxygens (including phenoxy) is 1. The van der Waals surface area contributed by atoms with Gasteiger partial charge in [-0.25, -0.2) is 4.39 Å². The van der Waals surface area contributed by atoms with E-state index in [2.05, 4.69) is 5.32 Å². The average molecular weight is 268 g/mol. The third-order valence-corrected chi connectivity index (χ3v) is 2.92. The van der Waals surface area contributed by atoms with Crippen LogP contribution in [0.1, 0.15) is 31.1 Å². The average Bonchev–Trinajstić information content (AvgIpc) is 2.37. The highest BCUT2D eigenvalue weighted by molar-refractivity contribution is 5.99. The van der Waals surface area contributed by atoms with Crippen LogP contribution in [-0.4, -0.2) is 25.2 Å². The summed E-state index contributed by atoms with van der Waals surface area (Å²) in [6.07, 6.45) is 0. The van der Waals surface area contributed by atoms with Crippen molar-refractivity contribution < 1.29 is 13.9 Å². The van der Waals surface area contributed by atoms with Gasteiger partial charge in [0.15, 0.2) is 0 Å². The molecule has 0 saturated heterocycles. The standard InChI is InChI=1S/C14H21FN2O2/c1-4-19-8-12(9(2)3)17-14(18)10-6-5-7-11(15)13(10)16/h5-7,9,12H,4,8,16H2,1-3H3,(H,17,18). The normalized spacial score (nSPS) is 12.5. The fraction of sp³-hybridized carbons (Fsp3) is 0.500. The number of nitrogens with one attached hydrogen (secondary N) is 1. The van der Waals surface area contributed by atoms with E-state index in [1.54, 1.807) is 0 Å². The van der Waals surface area contributed by atoms with E-state index in [0.717, 1.165) is 0 Å². The molecule has 0 spiro atoms. The second-order valence-electron chi connectivity index (χ2n) is 4.68. The Morgan fingerprint density at radius 1 is 1.47 bits per heavy atom. The second-order valence-corrected chi connectivity index (χ2v) is 4.68. The van der Waals surface area contributed by atoms with Crippen LogP contribution in [0.25, 0.3) is 0 Å². The molecule has 0 aliphatic heterocycles. The molecule has 0 radical (unpaired) electrons. The first-order valence-electron chi connectivity index (χ1n) is 6.40. The fourth-order valence-corrected chi connectivity index (χ4v) is 1.63. The van der Waals surface area contributed by atoms with E-state index in [4.69, 9.17) is 10.5 Å². The minimum Gasteiger partial charge on any atom is -0.396 e. The van der Waals surface area contributed by atoms with Crippen molar-refractivity contribution in [2.75, 3.05) is 18.9 Å². The van der Waals surface area contributed by atoms with Gasteiger partial charge in [0.25, 0.3) is 5.91 Å². The molecule has 0 heterocycles. The summed E-state index contributed by atoms with van der Waals surface area (Å²) in [5.74, 6) is -0.751. The van der Waals surface area contributed by atoms with Crippen LogP contribution in [0.15, 0.2) is 18.2 Å². The zero-order valence-corrected chi connectivity index (χ0v) is 11.6. The van der Waals surface area contributed by atoms with Gasteiger partial charge >= 0.3 is 0 Å². The van der Waals surface area contributed by atoms with Crippen LogP contribution in [0, 0.1) is 11.7 Å². The van der Waals surface area contributed by atoms with Gasteiger partial charge in [-0.15, -0.1) is 0 Å². The lowest BCUT2D eigenvalue weighted by atomic mass is 10.0. The number of anilines is 1. The maximum absolute atomic E-state index is 13.3. The van der Waals surface area contributed by atoms with Gasteiger partial charge in [0.05, 0.1) is 23.9 Å². The Hall–Kier alpha value is -1.62. The molecule has 1 aromatic carbocycles. The van der Waals surface area contributed by atoms with E-state index in [-0.39, 0.29) is 29.1 Å². The van der Waals surface area contributed by atoms with Crippen LogP contribution in [0.5, 0.6) is 0 Å². The van der Waals surface area contributed by atoms with Crippen LogP contribution in [0.3, 0.4) is 0 Å². The van der Waals surface area contributed by atoms with E-state index in [9.17, 15) is 9.18 Å². The topological polar surface area (TPSA) is 64.3 Å². The summed E-state index contributed by atoms with van der Waals surface area (Å²) in [7, 11) is 0. The first kappa shape index (κ1) is 15.4. The molecule has 1 amide bonds. The maximum Gasteiger partial charge on any atom is 0.253 e. The molecule has 0 aliphatic carbocycles. The molecular weight excluding hydrogens is 247 g/mol. The first-order valence-corrected chi connectivity index (χ1v) is 6.40. The number of benzene rings is 1. The summed E-state index contributed by atoms with van der Waals surface area (Å²) in [6.45, 7) is 6.87. The summed E-state index contributed by atoms with van der Waals surface area (Å²) in [5, 5.41) is 2.82. The predicted molar refractivity (Wildman–Crippen MR) is 73.4 cm³/mol.